The Morgan fingerprint density at radius 2 is 1.63 bits per heavy atom. The fraction of sp³-hybridized carbons (Fsp3) is 0.278. The maximum Gasteiger partial charge on any atom is 0.256 e. The summed E-state index contributed by atoms with van der Waals surface area (Å²) < 4.78 is 27.1. The molecule has 2 aromatic rings. The van der Waals surface area contributed by atoms with Crippen LogP contribution < -0.4 is 10.6 Å². The molecule has 0 saturated carbocycles. The van der Waals surface area contributed by atoms with Gasteiger partial charge in [-0.3, -0.25) is 4.79 Å². The summed E-state index contributed by atoms with van der Waals surface area (Å²) in [6, 6.07) is 11.4. The van der Waals surface area contributed by atoms with Gasteiger partial charge >= 0.3 is 0 Å². The first-order chi connectivity index (χ1) is 12.8. The number of hydrogen-bond acceptors (Lipinski definition) is 4. The maximum absolute atomic E-state index is 12.8. The van der Waals surface area contributed by atoms with Gasteiger partial charge in [-0.1, -0.05) is 29.3 Å². The van der Waals surface area contributed by atoms with Gasteiger partial charge in [-0.25, -0.2) is 8.42 Å². The second-order valence-corrected chi connectivity index (χ2v) is 9.46. The van der Waals surface area contributed by atoms with E-state index in [1.807, 2.05) is 0 Å². The molecule has 4 rings (SSSR count). The zero-order chi connectivity index (χ0) is 19.2. The molecule has 2 aliphatic rings. The quantitative estimate of drug-likeness (QED) is 0.773. The van der Waals surface area contributed by atoms with Crippen LogP contribution in [-0.4, -0.2) is 37.4 Å². The minimum absolute atomic E-state index is 0.209. The Hall–Kier alpha value is -1.80. The fourth-order valence-corrected chi connectivity index (χ4v) is 5.37. The van der Waals surface area contributed by atoms with Crippen molar-refractivity contribution in [2.24, 2.45) is 0 Å². The summed E-state index contributed by atoms with van der Waals surface area (Å²) in [7, 11) is -3.60. The topological polar surface area (TPSA) is 78.5 Å². The average Bonchev–Trinajstić information content (AvgIpc) is 2.62. The maximum atomic E-state index is 12.8. The van der Waals surface area contributed by atoms with Gasteiger partial charge in [-0.15, -0.1) is 0 Å². The van der Waals surface area contributed by atoms with E-state index in [-0.39, 0.29) is 23.9 Å². The van der Waals surface area contributed by atoms with Crippen molar-refractivity contribution in [2.75, 3.05) is 18.4 Å². The number of carbonyl (C=O) groups is 1. The normalized spacial score (nSPS) is 19.3. The van der Waals surface area contributed by atoms with Gasteiger partial charge in [0.15, 0.2) is 0 Å². The minimum atomic E-state index is -3.60. The number of nitrogens with one attached hydrogen (secondary N) is 2. The third-order valence-corrected chi connectivity index (χ3v) is 7.47. The third-order valence-electron chi connectivity index (χ3n) is 4.99. The van der Waals surface area contributed by atoms with Crippen LogP contribution in [0.15, 0.2) is 47.4 Å². The Balaban J connectivity index is 1.54. The number of fused-ring (bicyclic) bond motifs is 1. The number of benzene rings is 2. The van der Waals surface area contributed by atoms with Gasteiger partial charge < -0.3 is 10.6 Å². The van der Waals surface area contributed by atoms with Crippen molar-refractivity contribution in [1.29, 1.82) is 0 Å². The van der Waals surface area contributed by atoms with Gasteiger partial charge in [0, 0.05) is 31.0 Å². The molecule has 0 unspecified atom stereocenters. The lowest BCUT2D eigenvalue weighted by molar-refractivity contribution is 0.0865. The standard InChI is InChI=1S/C18H17Cl2N3O3S/c19-12-4-6-13(7-5-12)27(25,26)23-10-8-18(9-11-23)21-15-3-1-2-14(20)16(15)17(24)22-18/h1-7,21H,8-11H2,(H,22,24). The molecule has 2 aliphatic heterocycles. The van der Waals surface area contributed by atoms with E-state index < -0.39 is 15.7 Å². The van der Waals surface area contributed by atoms with Gasteiger partial charge in [0.25, 0.3) is 5.91 Å². The number of amides is 1. The number of nitrogens with zero attached hydrogens (tertiary/aromatic N) is 1. The highest BCUT2D eigenvalue weighted by Gasteiger charge is 2.43. The molecule has 0 aliphatic carbocycles. The molecular weight excluding hydrogens is 409 g/mol. The lowest BCUT2D eigenvalue weighted by atomic mass is 9.93. The van der Waals surface area contributed by atoms with Crippen LogP contribution in [0.25, 0.3) is 0 Å². The molecule has 142 valence electrons. The van der Waals surface area contributed by atoms with Gasteiger partial charge in [-0.2, -0.15) is 4.31 Å². The molecule has 2 heterocycles. The summed E-state index contributed by atoms with van der Waals surface area (Å²) in [5.41, 5.74) is 0.405. The van der Waals surface area contributed by atoms with E-state index in [1.165, 1.54) is 16.4 Å². The van der Waals surface area contributed by atoms with Crippen molar-refractivity contribution >= 4 is 44.8 Å². The molecule has 0 aromatic heterocycles. The zero-order valence-corrected chi connectivity index (χ0v) is 16.5. The Morgan fingerprint density at radius 3 is 2.30 bits per heavy atom. The van der Waals surface area contributed by atoms with Crippen LogP contribution in [0.1, 0.15) is 23.2 Å². The summed E-state index contributed by atoms with van der Waals surface area (Å²) in [4.78, 5) is 12.7. The molecule has 1 fully saturated rings. The first-order valence-electron chi connectivity index (χ1n) is 8.46. The second-order valence-electron chi connectivity index (χ2n) is 6.68. The average molecular weight is 426 g/mol. The molecule has 1 spiro atoms. The molecule has 27 heavy (non-hydrogen) atoms. The van der Waals surface area contributed by atoms with E-state index in [0.717, 1.165) is 0 Å². The van der Waals surface area contributed by atoms with E-state index in [1.54, 1.807) is 30.3 Å². The van der Waals surface area contributed by atoms with Gasteiger partial charge in [0.05, 0.1) is 21.2 Å². The van der Waals surface area contributed by atoms with Crippen LogP contribution in [0.3, 0.4) is 0 Å². The van der Waals surface area contributed by atoms with E-state index in [2.05, 4.69) is 10.6 Å². The largest absolute Gasteiger partial charge is 0.362 e. The molecule has 2 aromatic carbocycles. The number of anilines is 1. The number of piperidine rings is 1. The number of hydrogen-bond donors (Lipinski definition) is 2. The first kappa shape index (κ1) is 18.6. The number of sulfonamides is 1. The van der Waals surface area contributed by atoms with Crippen LogP contribution in [0.5, 0.6) is 0 Å². The van der Waals surface area contributed by atoms with Crippen molar-refractivity contribution < 1.29 is 13.2 Å². The molecule has 6 nitrogen and oxygen atoms in total. The summed E-state index contributed by atoms with van der Waals surface area (Å²) in [6.07, 6.45) is 0.884. The minimum Gasteiger partial charge on any atom is -0.362 e. The predicted molar refractivity (Wildman–Crippen MR) is 105 cm³/mol. The molecule has 9 heteroatoms. The summed E-state index contributed by atoms with van der Waals surface area (Å²) in [5.74, 6) is -0.247. The SMILES string of the molecule is O=C1NC2(CCN(S(=O)(=O)c3ccc(Cl)cc3)CC2)Nc2cccc(Cl)c21. The molecule has 1 amide bonds. The first-order valence-corrected chi connectivity index (χ1v) is 10.7. The van der Waals surface area contributed by atoms with Gasteiger partial charge in [-0.05, 0) is 36.4 Å². The Morgan fingerprint density at radius 1 is 0.963 bits per heavy atom. The van der Waals surface area contributed by atoms with Crippen LogP contribution in [-0.2, 0) is 10.0 Å². The highest BCUT2D eigenvalue weighted by atomic mass is 35.5. The monoisotopic (exact) mass is 425 g/mol. The molecule has 2 N–H and O–H groups in total. The van der Waals surface area contributed by atoms with Crippen molar-refractivity contribution in [2.45, 2.75) is 23.4 Å². The van der Waals surface area contributed by atoms with Crippen molar-refractivity contribution in [3.8, 4) is 0 Å². The third kappa shape index (κ3) is 3.29. The fourth-order valence-electron chi connectivity index (χ4n) is 3.54. The molecular formula is C18H17Cl2N3O3S. The highest BCUT2D eigenvalue weighted by molar-refractivity contribution is 7.89. The molecule has 0 bridgehead atoms. The van der Waals surface area contributed by atoms with Crippen LogP contribution in [0.4, 0.5) is 5.69 Å². The predicted octanol–water partition coefficient (Wildman–Crippen LogP) is 3.33. The van der Waals surface area contributed by atoms with Gasteiger partial charge in [0.2, 0.25) is 10.0 Å². The smallest absolute Gasteiger partial charge is 0.256 e. The van der Waals surface area contributed by atoms with E-state index in [9.17, 15) is 13.2 Å². The van der Waals surface area contributed by atoms with E-state index >= 15 is 0 Å². The Kier molecular flexibility index (Phi) is 4.58. The molecule has 1 saturated heterocycles. The second kappa shape index (κ2) is 6.67. The summed E-state index contributed by atoms with van der Waals surface area (Å²) >= 11 is 12.0. The van der Waals surface area contributed by atoms with E-state index in [4.69, 9.17) is 23.2 Å². The van der Waals surface area contributed by atoms with E-state index in [0.29, 0.717) is 34.1 Å². The highest BCUT2D eigenvalue weighted by Crippen LogP contribution is 2.35. The number of rotatable bonds is 2. The van der Waals surface area contributed by atoms with Crippen LogP contribution in [0, 0.1) is 0 Å². The summed E-state index contributed by atoms with van der Waals surface area (Å²) in [6.45, 7) is 0.572. The van der Waals surface area contributed by atoms with Gasteiger partial charge in [0.1, 0.15) is 5.66 Å². The lowest BCUT2D eigenvalue weighted by Gasteiger charge is -2.45. The Bertz CT molecular complexity index is 1000. The molecule has 0 radical (unpaired) electrons. The number of halogens is 2. The zero-order valence-electron chi connectivity index (χ0n) is 14.2. The lowest BCUT2D eigenvalue weighted by Crippen LogP contribution is -2.62. The van der Waals surface area contributed by atoms with Crippen molar-refractivity contribution in [3.63, 3.8) is 0 Å². The van der Waals surface area contributed by atoms with Crippen LogP contribution >= 0.6 is 23.2 Å². The Labute approximate surface area is 167 Å². The molecule has 0 atom stereocenters. The van der Waals surface area contributed by atoms with Crippen LogP contribution in [0.2, 0.25) is 10.0 Å². The van der Waals surface area contributed by atoms with Crippen molar-refractivity contribution in [3.05, 3.63) is 58.1 Å². The van der Waals surface area contributed by atoms with Crippen molar-refractivity contribution in [1.82, 2.24) is 9.62 Å². The number of carbonyl (C=O) groups excluding carboxylic acids is 1. The summed E-state index contributed by atoms with van der Waals surface area (Å²) in [5, 5.41) is 7.19.